The first-order valence-corrected chi connectivity index (χ1v) is 7.74. The summed E-state index contributed by atoms with van der Waals surface area (Å²) in [5, 5.41) is 0. The lowest BCUT2D eigenvalue weighted by Gasteiger charge is -2.31. The lowest BCUT2D eigenvalue weighted by atomic mass is 9.78. The molecule has 0 aliphatic rings. The van der Waals surface area contributed by atoms with Crippen LogP contribution in [0.3, 0.4) is 0 Å². The average molecular weight is 343 g/mol. The quantitative estimate of drug-likeness (QED) is 0.473. The van der Waals surface area contributed by atoms with Crippen molar-refractivity contribution < 1.29 is 17.9 Å². The Balaban J connectivity index is 2.64. The van der Waals surface area contributed by atoms with Gasteiger partial charge in [0.15, 0.2) is 0 Å². The van der Waals surface area contributed by atoms with Gasteiger partial charge in [-0.1, -0.05) is 24.3 Å². The maximum atomic E-state index is 12.0. The molecular weight excluding hydrogens is 324 g/mol. The highest BCUT2D eigenvalue weighted by Crippen LogP contribution is 2.34. The van der Waals surface area contributed by atoms with Crippen LogP contribution in [0.25, 0.3) is 0 Å². The normalized spacial score (nSPS) is 12.7. The molecule has 0 aliphatic carbocycles. The fourth-order valence-corrected chi connectivity index (χ4v) is 3.16. The van der Waals surface area contributed by atoms with Crippen LogP contribution in [0.4, 0.5) is 13.2 Å². The van der Waals surface area contributed by atoms with Gasteiger partial charge in [0.05, 0.1) is 0 Å². The Morgan fingerprint density at radius 2 is 1.71 bits per heavy atom. The van der Waals surface area contributed by atoms with Crippen LogP contribution in [0.5, 0.6) is 0 Å². The molecule has 0 aliphatic heterocycles. The number of halogens is 5. The summed E-state index contributed by atoms with van der Waals surface area (Å²) >= 11 is 12.2. The molecule has 0 spiro atoms. The molecule has 0 fully saturated rings. The zero-order chi connectivity index (χ0) is 15.9. The van der Waals surface area contributed by atoms with E-state index in [1.54, 1.807) is 0 Å². The number of hydrogen-bond donors (Lipinski definition) is 0. The smallest absolute Gasteiger partial charge is 0.372 e. The summed E-state index contributed by atoms with van der Waals surface area (Å²) in [5.41, 5.74) is 1.69. The van der Waals surface area contributed by atoms with Crippen LogP contribution < -0.4 is 0 Å². The molecule has 0 saturated heterocycles. The van der Waals surface area contributed by atoms with Gasteiger partial charge in [-0.15, -0.1) is 23.2 Å². The van der Waals surface area contributed by atoms with Crippen molar-refractivity contribution >= 4 is 23.2 Å². The first kappa shape index (κ1) is 18.6. The van der Waals surface area contributed by atoms with Gasteiger partial charge in [-0.3, -0.25) is 0 Å². The highest BCUT2D eigenvalue weighted by Gasteiger charge is 2.32. The van der Waals surface area contributed by atoms with Gasteiger partial charge < -0.3 is 4.74 Å². The van der Waals surface area contributed by atoms with E-state index in [-0.39, 0.29) is 6.61 Å². The zero-order valence-corrected chi connectivity index (χ0v) is 13.4. The number of ether oxygens (including phenoxy) is 1. The van der Waals surface area contributed by atoms with Gasteiger partial charge in [-0.2, -0.15) is 13.2 Å². The van der Waals surface area contributed by atoms with E-state index in [1.807, 2.05) is 31.2 Å². The van der Waals surface area contributed by atoms with Crippen molar-refractivity contribution in [3.63, 3.8) is 0 Å². The Morgan fingerprint density at radius 3 is 2.24 bits per heavy atom. The molecule has 0 bridgehead atoms. The van der Waals surface area contributed by atoms with Crippen LogP contribution in [0, 0.1) is 6.92 Å². The van der Waals surface area contributed by atoms with Crippen molar-refractivity contribution in [3.05, 3.63) is 35.4 Å². The Morgan fingerprint density at radius 1 is 1.10 bits per heavy atom. The van der Waals surface area contributed by atoms with E-state index in [1.165, 1.54) is 0 Å². The van der Waals surface area contributed by atoms with Gasteiger partial charge in [0.2, 0.25) is 0 Å². The van der Waals surface area contributed by atoms with Crippen LogP contribution in [-0.2, 0) is 10.2 Å². The fourth-order valence-electron chi connectivity index (χ4n) is 2.32. The summed E-state index contributed by atoms with van der Waals surface area (Å²) in [5.74, 6) is 0.640. The second-order valence-electron chi connectivity index (χ2n) is 5.13. The highest BCUT2D eigenvalue weighted by molar-refractivity contribution is 6.22. The van der Waals surface area contributed by atoms with Crippen molar-refractivity contribution in [1.29, 1.82) is 0 Å². The topological polar surface area (TPSA) is 9.23 Å². The molecule has 1 rings (SSSR count). The molecule has 1 aromatic rings. The number of alkyl halides is 5. The summed E-state index contributed by atoms with van der Waals surface area (Å²) in [4.78, 5) is 0. The summed E-state index contributed by atoms with van der Waals surface area (Å²) < 4.78 is 40.6. The molecule has 0 atom stereocenters. The number of aryl methyl sites for hydroxylation is 1. The Bertz CT molecular complexity index is 431. The van der Waals surface area contributed by atoms with Crippen molar-refractivity contribution in [2.24, 2.45) is 0 Å². The van der Waals surface area contributed by atoms with E-state index in [2.05, 4.69) is 4.74 Å². The van der Waals surface area contributed by atoms with E-state index in [0.29, 0.717) is 24.6 Å². The molecule has 1 aromatic carbocycles. The minimum atomic E-state index is -4.29. The molecule has 0 heterocycles. The second-order valence-corrected chi connectivity index (χ2v) is 5.67. The molecule has 21 heavy (non-hydrogen) atoms. The molecule has 0 N–H and O–H groups in total. The van der Waals surface area contributed by atoms with E-state index in [0.717, 1.165) is 11.1 Å². The third-order valence-electron chi connectivity index (χ3n) is 3.44. The van der Waals surface area contributed by atoms with Gasteiger partial charge in [0, 0.05) is 23.8 Å². The number of benzene rings is 1. The lowest BCUT2D eigenvalue weighted by Crippen LogP contribution is -2.32. The van der Waals surface area contributed by atoms with Crippen molar-refractivity contribution in [3.8, 4) is 0 Å². The summed E-state index contributed by atoms with van der Waals surface area (Å²) in [6.07, 6.45) is -3.22. The highest BCUT2D eigenvalue weighted by atomic mass is 35.5. The maximum Gasteiger partial charge on any atom is 0.411 e. The van der Waals surface area contributed by atoms with Crippen LogP contribution in [0.2, 0.25) is 0 Å². The third-order valence-corrected chi connectivity index (χ3v) is 4.46. The number of hydrogen-bond acceptors (Lipinski definition) is 1. The lowest BCUT2D eigenvalue weighted by molar-refractivity contribution is -0.174. The van der Waals surface area contributed by atoms with Crippen LogP contribution in [-0.4, -0.2) is 31.2 Å². The Hall–Kier alpha value is -0.450. The van der Waals surface area contributed by atoms with Gasteiger partial charge >= 0.3 is 6.18 Å². The van der Waals surface area contributed by atoms with Gasteiger partial charge in [-0.25, -0.2) is 0 Å². The fraction of sp³-hybridized carbons (Fsp3) is 0.600. The number of rotatable bonds is 8. The van der Waals surface area contributed by atoms with Crippen LogP contribution in [0.1, 0.15) is 24.0 Å². The second kappa shape index (κ2) is 8.25. The predicted molar refractivity (Wildman–Crippen MR) is 80.4 cm³/mol. The Kier molecular flexibility index (Phi) is 7.31. The zero-order valence-electron chi connectivity index (χ0n) is 11.9. The van der Waals surface area contributed by atoms with E-state index >= 15 is 0 Å². The van der Waals surface area contributed by atoms with Crippen molar-refractivity contribution in [1.82, 2.24) is 0 Å². The molecule has 6 heteroatoms. The SMILES string of the molecule is Cc1ccccc1C(CCl)(CCl)CCCOCC(F)(F)F. The van der Waals surface area contributed by atoms with E-state index in [4.69, 9.17) is 23.2 Å². The summed E-state index contributed by atoms with van der Waals surface area (Å²) in [6.45, 7) is 0.802. The predicted octanol–water partition coefficient (Wildman–Crippen LogP) is 5.07. The molecule has 120 valence electrons. The average Bonchev–Trinajstić information content (AvgIpc) is 2.43. The van der Waals surface area contributed by atoms with Crippen LogP contribution >= 0.6 is 23.2 Å². The standard InChI is InChI=1S/C15H19Cl2F3O/c1-12-5-2-3-6-13(12)14(9-16,10-17)7-4-8-21-11-15(18,19)20/h2-3,5-6H,4,7-11H2,1H3. The molecular formula is C15H19Cl2F3O. The van der Waals surface area contributed by atoms with Crippen molar-refractivity contribution in [2.45, 2.75) is 31.4 Å². The van der Waals surface area contributed by atoms with Gasteiger partial charge in [-0.05, 0) is 30.9 Å². The first-order valence-electron chi connectivity index (χ1n) is 6.67. The van der Waals surface area contributed by atoms with E-state index < -0.39 is 18.2 Å². The molecule has 0 saturated carbocycles. The molecule has 0 radical (unpaired) electrons. The molecule has 1 nitrogen and oxygen atoms in total. The van der Waals surface area contributed by atoms with Gasteiger partial charge in [0.25, 0.3) is 0 Å². The minimum Gasteiger partial charge on any atom is -0.372 e. The van der Waals surface area contributed by atoms with Gasteiger partial charge in [0.1, 0.15) is 6.61 Å². The van der Waals surface area contributed by atoms with Crippen LogP contribution in [0.15, 0.2) is 24.3 Å². The summed E-state index contributed by atoms with van der Waals surface area (Å²) in [6, 6.07) is 7.79. The largest absolute Gasteiger partial charge is 0.411 e. The summed E-state index contributed by atoms with van der Waals surface area (Å²) in [7, 11) is 0. The minimum absolute atomic E-state index is 0.0426. The molecule has 0 unspecified atom stereocenters. The molecule has 0 amide bonds. The first-order chi connectivity index (χ1) is 9.84. The van der Waals surface area contributed by atoms with Crippen molar-refractivity contribution in [2.75, 3.05) is 25.0 Å². The maximum absolute atomic E-state index is 12.0. The monoisotopic (exact) mass is 342 g/mol. The molecule has 0 aromatic heterocycles. The third kappa shape index (κ3) is 5.68. The van der Waals surface area contributed by atoms with E-state index in [9.17, 15) is 13.2 Å². The Labute approximate surface area is 133 Å².